The number of esters is 1. The Balaban J connectivity index is 2.36. The molecule has 0 spiro atoms. The van der Waals surface area contributed by atoms with Gasteiger partial charge in [-0.3, -0.25) is 0 Å². The lowest BCUT2D eigenvalue weighted by atomic mass is 9.55. The molecule has 2 rings (SSSR count). The Hall–Kier alpha value is -0.950. The third-order valence-electron chi connectivity index (χ3n) is 6.01. The molecular formula is C20H34O6. The molecule has 0 amide bonds. The largest absolute Gasteiger partial charge is 0.466 e. The summed E-state index contributed by atoms with van der Waals surface area (Å²) in [6.45, 7) is 7.25. The molecule has 2 aliphatic carbocycles. The van der Waals surface area contributed by atoms with Crippen LogP contribution in [0.2, 0.25) is 0 Å². The maximum atomic E-state index is 12.2. The van der Waals surface area contributed by atoms with Crippen LogP contribution in [0.25, 0.3) is 0 Å². The first-order chi connectivity index (χ1) is 12.3. The number of carbonyl (C=O) groups excluding carboxylic acids is 1. The van der Waals surface area contributed by atoms with Crippen LogP contribution in [-0.2, 0) is 23.7 Å². The minimum atomic E-state index is -0.837. The summed E-state index contributed by atoms with van der Waals surface area (Å²) >= 11 is 0. The smallest absolute Gasteiger partial charge is 0.333 e. The van der Waals surface area contributed by atoms with Crippen LogP contribution in [0, 0.1) is 17.8 Å². The third-order valence-corrected chi connectivity index (χ3v) is 6.01. The normalized spacial score (nSPS) is 34.3. The summed E-state index contributed by atoms with van der Waals surface area (Å²) in [6, 6.07) is 0. The van der Waals surface area contributed by atoms with Crippen molar-refractivity contribution in [2.24, 2.45) is 17.8 Å². The molecule has 0 saturated heterocycles. The topological polar surface area (TPSA) is 74.2 Å². The zero-order valence-corrected chi connectivity index (χ0v) is 16.7. The maximum Gasteiger partial charge on any atom is 0.333 e. The minimum Gasteiger partial charge on any atom is -0.466 e. The number of rotatable bonds is 8. The van der Waals surface area contributed by atoms with Crippen LogP contribution in [0.15, 0.2) is 11.6 Å². The fourth-order valence-electron chi connectivity index (χ4n) is 4.72. The number of aliphatic hydroxyl groups is 1. The van der Waals surface area contributed by atoms with Crippen LogP contribution < -0.4 is 0 Å². The van der Waals surface area contributed by atoms with E-state index in [0.717, 1.165) is 12.8 Å². The molecule has 0 unspecified atom stereocenters. The van der Waals surface area contributed by atoms with E-state index in [1.165, 1.54) is 7.11 Å². The monoisotopic (exact) mass is 370 g/mol. The summed E-state index contributed by atoms with van der Waals surface area (Å²) in [5, 5.41) is 11.1. The van der Waals surface area contributed by atoms with Crippen molar-refractivity contribution in [1.29, 1.82) is 0 Å². The Kier molecular flexibility index (Phi) is 7.25. The van der Waals surface area contributed by atoms with Gasteiger partial charge in [-0.15, -0.1) is 0 Å². The zero-order valence-electron chi connectivity index (χ0n) is 16.7. The molecule has 26 heavy (non-hydrogen) atoms. The van der Waals surface area contributed by atoms with Gasteiger partial charge < -0.3 is 24.1 Å². The highest BCUT2D eigenvalue weighted by molar-refractivity contribution is 5.88. The van der Waals surface area contributed by atoms with Crippen LogP contribution in [0.1, 0.15) is 46.5 Å². The quantitative estimate of drug-likeness (QED) is 0.402. The molecule has 2 aliphatic rings. The van der Waals surface area contributed by atoms with E-state index in [9.17, 15) is 9.90 Å². The van der Waals surface area contributed by atoms with E-state index < -0.39 is 11.2 Å². The van der Waals surface area contributed by atoms with E-state index in [1.807, 2.05) is 13.0 Å². The van der Waals surface area contributed by atoms with Gasteiger partial charge in [0.1, 0.15) is 6.79 Å². The first kappa shape index (κ1) is 21.4. The molecular weight excluding hydrogens is 336 g/mol. The molecule has 0 aromatic heterocycles. The molecule has 1 fully saturated rings. The van der Waals surface area contributed by atoms with Gasteiger partial charge in [-0.1, -0.05) is 13.8 Å². The standard InChI is InChI=1S/C20H34O6/c1-14(2)16-8-9-19(3,22)17-7-6-15(18(21)24-5)12-20(16,17)26-13-25-11-10-23-4/h12,14,16-17,22H,6-11,13H2,1-5H3/t16-,17-,19+,20+/m1/s1. The molecule has 4 atom stereocenters. The second-order valence-electron chi connectivity index (χ2n) is 8.02. The highest BCUT2D eigenvalue weighted by atomic mass is 16.7. The average Bonchev–Trinajstić information content (AvgIpc) is 2.60. The molecule has 1 saturated carbocycles. The van der Waals surface area contributed by atoms with Crippen LogP contribution in [0.3, 0.4) is 0 Å². The van der Waals surface area contributed by atoms with Gasteiger partial charge in [0.2, 0.25) is 0 Å². The number of methoxy groups -OCH3 is 2. The number of carbonyl (C=O) groups is 1. The summed E-state index contributed by atoms with van der Waals surface area (Å²) in [5.41, 5.74) is -0.940. The third kappa shape index (κ3) is 4.30. The molecule has 6 heteroatoms. The summed E-state index contributed by atoms with van der Waals surface area (Å²) in [6.07, 6.45) is 4.77. The molecule has 1 N–H and O–H groups in total. The molecule has 0 aromatic rings. The van der Waals surface area contributed by atoms with E-state index in [2.05, 4.69) is 13.8 Å². The van der Waals surface area contributed by atoms with Crippen LogP contribution in [0.5, 0.6) is 0 Å². The number of hydrogen-bond acceptors (Lipinski definition) is 6. The first-order valence-electron chi connectivity index (χ1n) is 9.51. The van der Waals surface area contributed by atoms with Gasteiger partial charge >= 0.3 is 5.97 Å². The van der Waals surface area contributed by atoms with Crippen LogP contribution in [0.4, 0.5) is 0 Å². The fourth-order valence-corrected chi connectivity index (χ4v) is 4.72. The van der Waals surface area contributed by atoms with Gasteiger partial charge in [0.25, 0.3) is 0 Å². The van der Waals surface area contributed by atoms with Crippen molar-refractivity contribution in [2.75, 3.05) is 34.2 Å². The maximum absolute atomic E-state index is 12.2. The van der Waals surface area contributed by atoms with Gasteiger partial charge in [0.05, 0.1) is 31.5 Å². The molecule has 0 aromatic carbocycles. The lowest BCUT2D eigenvalue weighted by Gasteiger charge is -2.56. The van der Waals surface area contributed by atoms with Crippen LogP contribution >= 0.6 is 0 Å². The SMILES string of the molecule is COCCOCO[C@]12C=C(C(=O)OC)CC[C@@H]1[C@@](C)(O)CC[C@@H]2C(C)C. The van der Waals surface area contributed by atoms with Crippen molar-refractivity contribution in [3.63, 3.8) is 0 Å². The van der Waals surface area contributed by atoms with E-state index >= 15 is 0 Å². The van der Waals surface area contributed by atoms with Crippen molar-refractivity contribution < 1.29 is 28.8 Å². The summed E-state index contributed by atoms with van der Waals surface area (Å²) in [4.78, 5) is 12.2. The summed E-state index contributed by atoms with van der Waals surface area (Å²) in [7, 11) is 3.02. The minimum absolute atomic E-state index is 0.0874. The van der Waals surface area contributed by atoms with Gasteiger partial charge in [-0.05, 0) is 50.5 Å². The molecule has 0 aliphatic heterocycles. The molecule has 150 valence electrons. The predicted octanol–water partition coefficient (Wildman–Crippen LogP) is 2.69. The van der Waals surface area contributed by atoms with E-state index in [-0.39, 0.29) is 24.6 Å². The number of ether oxygens (including phenoxy) is 4. The summed E-state index contributed by atoms with van der Waals surface area (Å²) in [5.74, 6) is 0.134. The number of hydrogen-bond donors (Lipinski definition) is 1. The fraction of sp³-hybridized carbons (Fsp3) is 0.850. The van der Waals surface area contributed by atoms with Crippen molar-refractivity contribution >= 4 is 5.97 Å². The second-order valence-corrected chi connectivity index (χ2v) is 8.02. The highest BCUT2D eigenvalue weighted by Crippen LogP contribution is 2.54. The van der Waals surface area contributed by atoms with Crippen molar-refractivity contribution in [3.05, 3.63) is 11.6 Å². The van der Waals surface area contributed by atoms with Crippen molar-refractivity contribution in [3.8, 4) is 0 Å². The Labute approximate surface area is 156 Å². The second kappa shape index (κ2) is 8.83. The van der Waals surface area contributed by atoms with E-state index in [4.69, 9.17) is 18.9 Å². The van der Waals surface area contributed by atoms with Crippen molar-refractivity contribution in [2.45, 2.75) is 57.7 Å². The lowest BCUT2D eigenvalue weighted by molar-refractivity contribution is -0.231. The van der Waals surface area contributed by atoms with Gasteiger partial charge in [0.15, 0.2) is 0 Å². The zero-order chi connectivity index (χ0) is 19.4. The van der Waals surface area contributed by atoms with Gasteiger partial charge in [0, 0.05) is 18.6 Å². The number of fused-ring (bicyclic) bond motifs is 1. The van der Waals surface area contributed by atoms with Gasteiger partial charge in [-0.2, -0.15) is 0 Å². The van der Waals surface area contributed by atoms with E-state index in [0.29, 0.717) is 37.5 Å². The highest BCUT2D eigenvalue weighted by Gasteiger charge is 2.58. The first-order valence-corrected chi connectivity index (χ1v) is 9.51. The van der Waals surface area contributed by atoms with E-state index in [1.54, 1.807) is 7.11 Å². The predicted molar refractivity (Wildman–Crippen MR) is 97.5 cm³/mol. The van der Waals surface area contributed by atoms with Crippen LogP contribution in [-0.4, -0.2) is 56.5 Å². The van der Waals surface area contributed by atoms with Crippen molar-refractivity contribution in [1.82, 2.24) is 0 Å². The Bertz CT molecular complexity index is 512. The Morgan fingerprint density at radius 2 is 2.04 bits per heavy atom. The lowest BCUT2D eigenvalue weighted by Crippen LogP contribution is -2.61. The average molecular weight is 370 g/mol. The molecule has 0 radical (unpaired) electrons. The summed E-state index contributed by atoms with van der Waals surface area (Å²) < 4.78 is 21.8. The molecule has 0 bridgehead atoms. The molecule has 6 nitrogen and oxygen atoms in total. The molecule has 0 heterocycles. The van der Waals surface area contributed by atoms with Gasteiger partial charge in [-0.25, -0.2) is 4.79 Å². The Morgan fingerprint density at radius 3 is 2.65 bits per heavy atom. The Morgan fingerprint density at radius 1 is 1.31 bits per heavy atom.